The average Bonchev–Trinajstić information content (AvgIpc) is 2.29. The lowest BCUT2D eigenvalue weighted by molar-refractivity contribution is -0.117. The lowest BCUT2D eigenvalue weighted by atomic mass is 10.2. The number of rotatable bonds is 6. The molecule has 1 heterocycles. The standard InChI is InChI=1S/C13H20N2O3/c1-10(2)9-18-7-6-12(16)14-11-4-5-13(17)15(3)8-11/h4-5,8,10H,6-7,9H2,1-3H3,(H,14,16). The van der Waals surface area contributed by atoms with Crippen LogP contribution >= 0.6 is 0 Å². The summed E-state index contributed by atoms with van der Waals surface area (Å²) in [4.78, 5) is 22.7. The molecule has 0 atom stereocenters. The molecule has 5 heteroatoms. The summed E-state index contributed by atoms with van der Waals surface area (Å²) in [5.74, 6) is 0.356. The zero-order valence-electron chi connectivity index (χ0n) is 11.1. The van der Waals surface area contributed by atoms with Crippen molar-refractivity contribution in [3.8, 4) is 0 Å². The molecule has 0 aliphatic heterocycles. The van der Waals surface area contributed by atoms with E-state index in [2.05, 4.69) is 19.2 Å². The van der Waals surface area contributed by atoms with Gasteiger partial charge in [0.1, 0.15) is 0 Å². The predicted molar refractivity (Wildman–Crippen MR) is 70.6 cm³/mol. The van der Waals surface area contributed by atoms with E-state index in [1.54, 1.807) is 19.3 Å². The van der Waals surface area contributed by atoms with Crippen LogP contribution < -0.4 is 10.9 Å². The Balaban J connectivity index is 2.35. The van der Waals surface area contributed by atoms with Crippen molar-refractivity contribution in [1.82, 2.24) is 4.57 Å². The van der Waals surface area contributed by atoms with E-state index in [0.717, 1.165) is 0 Å². The summed E-state index contributed by atoms with van der Waals surface area (Å²) in [6.45, 7) is 5.19. The Hall–Kier alpha value is -1.62. The van der Waals surface area contributed by atoms with E-state index in [1.807, 2.05) is 0 Å². The summed E-state index contributed by atoms with van der Waals surface area (Å²) in [7, 11) is 1.64. The number of hydrogen-bond donors (Lipinski definition) is 1. The molecule has 1 aromatic rings. The fraction of sp³-hybridized carbons (Fsp3) is 0.538. The molecule has 1 aromatic heterocycles. The van der Waals surface area contributed by atoms with Crippen molar-refractivity contribution in [2.45, 2.75) is 20.3 Å². The Kier molecular flexibility index (Phi) is 5.58. The first-order valence-electron chi connectivity index (χ1n) is 6.03. The molecule has 0 unspecified atom stereocenters. The van der Waals surface area contributed by atoms with Crippen molar-refractivity contribution in [2.75, 3.05) is 18.5 Å². The van der Waals surface area contributed by atoms with E-state index < -0.39 is 0 Å². The van der Waals surface area contributed by atoms with E-state index in [9.17, 15) is 9.59 Å². The molecule has 18 heavy (non-hydrogen) atoms. The molecule has 0 bridgehead atoms. The minimum atomic E-state index is -0.114. The number of aryl methyl sites for hydroxylation is 1. The molecular weight excluding hydrogens is 232 g/mol. The van der Waals surface area contributed by atoms with Crippen LogP contribution in [0, 0.1) is 5.92 Å². The quantitative estimate of drug-likeness (QED) is 0.778. The molecule has 0 saturated heterocycles. The summed E-state index contributed by atoms with van der Waals surface area (Å²) in [5.41, 5.74) is 0.513. The molecule has 0 aliphatic rings. The molecular formula is C13H20N2O3. The minimum Gasteiger partial charge on any atom is -0.381 e. The monoisotopic (exact) mass is 252 g/mol. The van der Waals surface area contributed by atoms with Gasteiger partial charge in [0, 0.05) is 25.9 Å². The fourth-order valence-corrected chi connectivity index (χ4v) is 1.38. The SMILES string of the molecule is CC(C)COCCC(=O)Nc1ccc(=O)n(C)c1. The van der Waals surface area contributed by atoms with Gasteiger partial charge in [-0.25, -0.2) is 0 Å². The summed E-state index contributed by atoms with van der Waals surface area (Å²) in [5, 5.41) is 2.72. The second-order valence-corrected chi connectivity index (χ2v) is 4.63. The molecule has 1 amide bonds. The number of hydrogen-bond acceptors (Lipinski definition) is 3. The van der Waals surface area contributed by atoms with E-state index >= 15 is 0 Å². The van der Waals surface area contributed by atoms with Gasteiger partial charge >= 0.3 is 0 Å². The van der Waals surface area contributed by atoms with Gasteiger partial charge in [0.05, 0.1) is 18.7 Å². The largest absolute Gasteiger partial charge is 0.381 e. The Morgan fingerprint density at radius 2 is 2.17 bits per heavy atom. The Morgan fingerprint density at radius 3 is 2.78 bits per heavy atom. The molecule has 100 valence electrons. The number of ether oxygens (including phenoxy) is 1. The van der Waals surface area contributed by atoms with Crippen LogP contribution in [0.1, 0.15) is 20.3 Å². The van der Waals surface area contributed by atoms with Crippen LogP contribution in [0.3, 0.4) is 0 Å². The molecule has 0 aromatic carbocycles. The second kappa shape index (κ2) is 6.96. The van der Waals surface area contributed by atoms with Gasteiger partial charge in [0.2, 0.25) is 11.5 Å². The molecule has 0 saturated carbocycles. The zero-order valence-corrected chi connectivity index (χ0v) is 11.1. The number of carbonyl (C=O) groups excluding carboxylic acids is 1. The molecule has 0 spiro atoms. The molecule has 1 N–H and O–H groups in total. The molecule has 1 rings (SSSR count). The van der Waals surface area contributed by atoms with Crippen molar-refractivity contribution in [3.63, 3.8) is 0 Å². The summed E-state index contributed by atoms with van der Waals surface area (Å²) in [6.07, 6.45) is 1.91. The van der Waals surface area contributed by atoms with Gasteiger partial charge in [-0.3, -0.25) is 9.59 Å². The van der Waals surface area contributed by atoms with Gasteiger partial charge in [0.25, 0.3) is 0 Å². The number of aromatic nitrogens is 1. The highest BCUT2D eigenvalue weighted by Gasteiger charge is 2.03. The summed E-state index contributed by atoms with van der Waals surface area (Å²) >= 11 is 0. The third kappa shape index (κ3) is 5.14. The van der Waals surface area contributed by atoms with Crippen LogP contribution in [0.25, 0.3) is 0 Å². The van der Waals surface area contributed by atoms with E-state index in [0.29, 0.717) is 31.2 Å². The smallest absolute Gasteiger partial charge is 0.250 e. The fourth-order valence-electron chi connectivity index (χ4n) is 1.38. The first-order chi connectivity index (χ1) is 8.49. The lowest BCUT2D eigenvalue weighted by Crippen LogP contribution is -2.19. The van der Waals surface area contributed by atoms with Crippen molar-refractivity contribution >= 4 is 11.6 Å². The molecule has 5 nitrogen and oxygen atoms in total. The van der Waals surface area contributed by atoms with Crippen LogP contribution in [-0.4, -0.2) is 23.7 Å². The van der Waals surface area contributed by atoms with E-state index in [1.165, 1.54) is 10.6 Å². The first kappa shape index (κ1) is 14.4. The van der Waals surface area contributed by atoms with E-state index in [-0.39, 0.29) is 11.5 Å². The number of anilines is 1. The van der Waals surface area contributed by atoms with Crippen LogP contribution in [0.2, 0.25) is 0 Å². The molecule has 0 fully saturated rings. The number of pyridine rings is 1. The topological polar surface area (TPSA) is 60.3 Å². The normalized spacial score (nSPS) is 10.7. The van der Waals surface area contributed by atoms with Gasteiger partial charge in [-0.2, -0.15) is 0 Å². The maximum atomic E-state index is 11.6. The summed E-state index contributed by atoms with van der Waals surface area (Å²) < 4.78 is 6.75. The van der Waals surface area contributed by atoms with Crippen LogP contribution in [-0.2, 0) is 16.6 Å². The van der Waals surface area contributed by atoms with Crippen LogP contribution in [0.15, 0.2) is 23.1 Å². The van der Waals surface area contributed by atoms with Crippen LogP contribution in [0.5, 0.6) is 0 Å². The second-order valence-electron chi connectivity index (χ2n) is 4.63. The van der Waals surface area contributed by atoms with Crippen molar-refractivity contribution < 1.29 is 9.53 Å². The first-order valence-corrected chi connectivity index (χ1v) is 6.03. The van der Waals surface area contributed by atoms with Crippen molar-refractivity contribution in [1.29, 1.82) is 0 Å². The number of carbonyl (C=O) groups is 1. The molecule has 0 radical (unpaired) electrons. The minimum absolute atomic E-state index is 0.103. The maximum absolute atomic E-state index is 11.6. The lowest BCUT2D eigenvalue weighted by Gasteiger charge is -2.08. The Morgan fingerprint density at radius 1 is 1.44 bits per heavy atom. The van der Waals surface area contributed by atoms with Gasteiger partial charge < -0.3 is 14.6 Å². The van der Waals surface area contributed by atoms with Gasteiger partial charge in [-0.05, 0) is 12.0 Å². The van der Waals surface area contributed by atoms with Crippen molar-refractivity contribution in [3.05, 3.63) is 28.7 Å². The number of nitrogens with zero attached hydrogens (tertiary/aromatic N) is 1. The van der Waals surface area contributed by atoms with Crippen molar-refractivity contribution in [2.24, 2.45) is 13.0 Å². The molecule has 0 aliphatic carbocycles. The average molecular weight is 252 g/mol. The highest BCUT2D eigenvalue weighted by atomic mass is 16.5. The van der Waals surface area contributed by atoms with Gasteiger partial charge in [-0.15, -0.1) is 0 Å². The number of nitrogens with one attached hydrogen (secondary N) is 1. The third-order valence-electron chi connectivity index (χ3n) is 2.29. The third-order valence-corrected chi connectivity index (χ3v) is 2.29. The van der Waals surface area contributed by atoms with Gasteiger partial charge in [-0.1, -0.05) is 13.8 Å². The maximum Gasteiger partial charge on any atom is 0.250 e. The Labute approximate surface area is 107 Å². The van der Waals surface area contributed by atoms with Crippen LogP contribution in [0.4, 0.5) is 5.69 Å². The highest BCUT2D eigenvalue weighted by Crippen LogP contribution is 2.03. The zero-order chi connectivity index (χ0) is 13.5. The van der Waals surface area contributed by atoms with E-state index in [4.69, 9.17) is 4.74 Å². The Bertz CT molecular complexity index is 452. The summed E-state index contributed by atoms with van der Waals surface area (Å²) in [6, 6.07) is 3.01. The van der Waals surface area contributed by atoms with Gasteiger partial charge in [0.15, 0.2) is 0 Å². The highest BCUT2D eigenvalue weighted by molar-refractivity contribution is 5.90. The predicted octanol–water partition coefficient (Wildman–Crippen LogP) is 1.39. The number of amides is 1.